The molecule has 1 aromatic carbocycles. The Labute approximate surface area is 95.4 Å². The van der Waals surface area contributed by atoms with Crippen molar-refractivity contribution < 1.29 is 14.3 Å². The average molecular weight is 220 g/mol. The van der Waals surface area contributed by atoms with Gasteiger partial charge in [0.15, 0.2) is 0 Å². The predicted molar refractivity (Wildman–Crippen MR) is 59.6 cm³/mol. The van der Waals surface area contributed by atoms with Crippen molar-refractivity contribution in [2.24, 2.45) is 5.92 Å². The third kappa shape index (κ3) is 2.42. The van der Waals surface area contributed by atoms with E-state index in [1.807, 2.05) is 37.3 Å². The van der Waals surface area contributed by atoms with Gasteiger partial charge >= 0.3 is 5.97 Å². The van der Waals surface area contributed by atoms with Gasteiger partial charge in [0.05, 0.1) is 6.10 Å². The van der Waals surface area contributed by atoms with Gasteiger partial charge in [-0.25, -0.2) is 0 Å². The lowest BCUT2D eigenvalue weighted by atomic mass is 10.0. The number of carbonyl (C=O) groups excluding carboxylic acids is 1. The molecule has 0 saturated carbocycles. The van der Waals surface area contributed by atoms with Crippen LogP contribution in [0.1, 0.15) is 31.9 Å². The molecule has 1 saturated heterocycles. The van der Waals surface area contributed by atoms with Gasteiger partial charge in [-0.15, -0.1) is 0 Å². The molecular weight excluding hydrogens is 204 g/mol. The molecule has 0 bridgehead atoms. The largest absolute Gasteiger partial charge is 0.436 e. The van der Waals surface area contributed by atoms with Gasteiger partial charge in [-0.1, -0.05) is 37.3 Å². The van der Waals surface area contributed by atoms with Gasteiger partial charge in [0.2, 0.25) is 6.29 Å². The van der Waals surface area contributed by atoms with Crippen LogP contribution in [0.2, 0.25) is 0 Å². The maximum Gasteiger partial charge on any atom is 0.304 e. The molecule has 0 aliphatic carbocycles. The Morgan fingerprint density at radius 1 is 1.38 bits per heavy atom. The van der Waals surface area contributed by atoms with E-state index in [1.165, 1.54) is 6.92 Å². The van der Waals surface area contributed by atoms with Crippen LogP contribution in [0.4, 0.5) is 0 Å². The lowest BCUT2D eigenvalue weighted by Gasteiger charge is -2.15. The SMILES string of the molecule is CC(=O)OC1O[C@H](c2ccccc2)C[C@H]1C. The summed E-state index contributed by atoms with van der Waals surface area (Å²) < 4.78 is 10.8. The van der Waals surface area contributed by atoms with Gasteiger partial charge in [0.25, 0.3) is 0 Å². The number of benzene rings is 1. The first-order valence-electron chi connectivity index (χ1n) is 5.54. The lowest BCUT2D eigenvalue weighted by Crippen LogP contribution is -2.20. The van der Waals surface area contributed by atoms with Crippen molar-refractivity contribution in [3.8, 4) is 0 Å². The molecule has 3 atom stereocenters. The second kappa shape index (κ2) is 4.66. The van der Waals surface area contributed by atoms with E-state index in [9.17, 15) is 4.79 Å². The molecule has 0 spiro atoms. The molecule has 1 aliphatic heterocycles. The highest BCUT2D eigenvalue weighted by Crippen LogP contribution is 2.36. The number of ether oxygens (including phenoxy) is 2. The normalized spacial score (nSPS) is 29.0. The number of hydrogen-bond donors (Lipinski definition) is 0. The molecule has 3 nitrogen and oxygen atoms in total. The van der Waals surface area contributed by atoms with E-state index in [0.717, 1.165) is 12.0 Å². The lowest BCUT2D eigenvalue weighted by molar-refractivity contribution is -0.178. The molecule has 0 radical (unpaired) electrons. The fourth-order valence-corrected chi connectivity index (χ4v) is 1.99. The predicted octanol–water partition coefficient (Wildman–Crippen LogP) is 2.67. The minimum Gasteiger partial charge on any atom is -0.436 e. The Morgan fingerprint density at radius 3 is 2.69 bits per heavy atom. The first-order valence-corrected chi connectivity index (χ1v) is 5.54. The Hall–Kier alpha value is -1.35. The zero-order valence-electron chi connectivity index (χ0n) is 9.55. The van der Waals surface area contributed by atoms with Crippen molar-refractivity contribution in [1.82, 2.24) is 0 Å². The monoisotopic (exact) mass is 220 g/mol. The van der Waals surface area contributed by atoms with E-state index in [-0.39, 0.29) is 18.0 Å². The van der Waals surface area contributed by atoms with Crippen molar-refractivity contribution in [2.75, 3.05) is 0 Å². The van der Waals surface area contributed by atoms with E-state index in [1.54, 1.807) is 0 Å². The summed E-state index contributed by atoms with van der Waals surface area (Å²) in [4.78, 5) is 10.9. The number of carbonyl (C=O) groups is 1. The zero-order chi connectivity index (χ0) is 11.5. The van der Waals surface area contributed by atoms with Crippen molar-refractivity contribution >= 4 is 5.97 Å². The van der Waals surface area contributed by atoms with Crippen LogP contribution in [0.25, 0.3) is 0 Å². The summed E-state index contributed by atoms with van der Waals surface area (Å²) in [5.41, 5.74) is 1.14. The highest BCUT2D eigenvalue weighted by atomic mass is 16.7. The molecule has 1 unspecified atom stereocenters. The van der Waals surface area contributed by atoms with Gasteiger partial charge in [0, 0.05) is 12.8 Å². The molecule has 86 valence electrons. The van der Waals surface area contributed by atoms with Gasteiger partial charge in [-0.2, -0.15) is 0 Å². The van der Waals surface area contributed by atoms with Crippen LogP contribution in [0.15, 0.2) is 30.3 Å². The molecule has 3 heteroatoms. The summed E-state index contributed by atoms with van der Waals surface area (Å²) in [5, 5.41) is 0. The summed E-state index contributed by atoms with van der Waals surface area (Å²) in [6.07, 6.45) is 0.533. The van der Waals surface area contributed by atoms with Gasteiger partial charge < -0.3 is 9.47 Å². The van der Waals surface area contributed by atoms with Crippen LogP contribution < -0.4 is 0 Å². The molecule has 0 aromatic heterocycles. The molecule has 0 N–H and O–H groups in total. The number of hydrogen-bond acceptors (Lipinski definition) is 3. The Morgan fingerprint density at radius 2 is 2.06 bits per heavy atom. The highest BCUT2D eigenvalue weighted by molar-refractivity contribution is 5.66. The summed E-state index contributed by atoms with van der Waals surface area (Å²) in [6, 6.07) is 10.0. The van der Waals surface area contributed by atoms with Crippen LogP contribution >= 0.6 is 0 Å². The van der Waals surface area contributed by atoms with Gasteiger partial charge in [-0.05, 0) is 12.0 Å². The topological polar surface area (TPSA) is 35.5 Å². The second-order valence-corrected chi connectivity index (χ2v) is 4.23. The Balaban J connectivity index is 2.04. The molecule has 1 aliphatic rings. The molecule has 1 heterocycles. The quantitative estimate of drug-likeness (QED) is 0.719. The first-order chi connectivity index (χ1) is 7.66. The number of rotatable bonds is 2. The summed E-state index contributed by atoms with van der Waals surface area (Å²) in [5.74, 6) is -0.0420. The maximum atomic E-state index is 10.9. The van der Waals surface area contributed by atoms with Crippen LogP contribution in [0.3, 0.4) is 0 Å². The second-order valence-electron chi connectivity index (χ2n) is 4.23. The molecule has 1 aromatic rings. The van der Waals surface area contributed by atoms with Gasteiger partial charge in [-0.3, -0.25) is 4.79 Å². The van der Waals surface area contributed by atoms with Crippen molar-refractivity contribution in [1.29, 1.82) is 0 Å². The molecule has 1 fully saturated rings. The van der Waals surface area contributed by atoms with E-state index < -0.39 is 6.29 Å². The van der Waals surface area contributed by atoms with E-state index in [0.29, 0.717) is 0 Å². The summed E-state index contributed by atoms with van der Waals surface area (Å²) in [6.45, 7) is 3.45. The maximum absolute atomic E-state index is 10.9. The molecular formula is C13H16O3. The third-order valence-electron chi connectivity index (χ3n) is 2.80. The Bertz CT molecular complexity index is 361. The summed E-state index contributed by atoms with van der Waals surface area (Å²) in [7, 11) is 0. The minimum atomic E-state index is -0.400. The van der Waals surface area contributed by atoms with Crippen molar-refractivity contribution in [3.63, 3.8) is 0 Å². The third-order valence-corrected chi connectivity index (χ3v) is 2.80. The number of esters is 1. The average Bonchev–Trinajstić information content (AvgIpc) is 2.61. The zero-order valence-corrected chi connectivity index (χ0v) is 9.55. The molecule has 0 amide bonds. The smallest absolute Gasteiger partial charge is 0.304 e. The highest BCUT2D eigenvalue weighted by Gasteiger charge is 2.34. The first kappa shape index (κ1) is 11.1. The fraction of sp³-hybridized carbons (Fsp3) is 0.462. The van der Waals surface area contributed by atoms with Crippen LogP contribution in [-0.4, -0.2) is 12.3 Å². The van der Waals surface area contributed by atoms with Crippen molar-refractivity contribution in [2.45, 2.75) is 32.7 Å². The van der Waals surface area contributed by atoms with E-state index in [4.69, 9.17) is 9.47 Å². The fourth-order valence-electron chi connectivity index (χ4n) is 1.99. The van der Waals surface area contributed by atoms with Crippen LogP contribution in [-0.2, 0) is 14.3 Å². The molecule has 16 heavy (non-hydrogen) atoms. The summed E-state index contributed by atoms with van der Waals surface area (Å²) >= 11 is 0. The van der Waals surface area contributed by atoms with E-state index >= 15 is 0 Å². The minimum absolute atomic E-state index is 0.0422. The van der Waals surface area contributed by atoms with Gasteiger partial charge in [0.1, 0.15) is 0 Å². The van der Waals surface area contributed by atoms with E-state index in [2.05, 4.69) is 0 Å². The van der Waals surface area contributed by atoms with Crippen LogP contribution in [0.5, 0.6) is 0 Å². The Kier molecular flexibility index (Phi) is 3.25. The van der Waals surface area contributed by atoms with Crippen molar-refractivity contribution in [3.05, 3.63) is 35.9 Å². The van der Waals surface area contributed by atoms with Crippen LogP contribution in [0, 0.1) is 5.92 Å². The standard InChI is InChI=1S/C13H16O3/c1-9-8-12(11-6-4-3-5-7-11)16-13(9)15-10(2)14/h3-7,9,12-13H,8H2,1-2H3/t9-,12+,13?/m1/s1. The molecule has 2 rings (SSSR count).